The third-order valence-electron chi connectivity index (χ3n) is 5.21. The van der Waals surface area contributed by atoms with Crippen molar-refractivity contribution in [1.82, 2.24) is 20.2 Å². The van der Waals surface area contributed by atoms with Gasteiger partial charge < -0.3 is 20.9 Å². The molecule has 1 fully saturated rings. The van der Waals surface area contributed by atoms with Crippen LogP contribution in [0.4, 0.5) is 19.1 Å². The summed E-state index contributed by atoms with van der Waals surface area (Å²) in [6.07, 6.45) is 3.36. The molecule has 2 aliphatic heterocycles. The van der Waals surface area contributed by atoms with Crippen molar-refractivity contribution in [2.75, 3.05) is 12.4 Å². The number of rotatable bonds is 6. The number of aromatic nitrogens is 2. The fourth-order valence-corrected chi connectivity index (χ4v) is 3.72. The van der Waals surface area contributed by atoms with Crippen LogP contribution in [0.1, 0.15) is 31.9 Å². The lowest BCUT2D eigenvalue weighted by molar-refractivity contribution is -0.186. The highest BCUT2D eigenvalue weighted by molar-refractivity contribution is 5.82. The van der Waals surface area contributed by atoms with Crippen LogP contribution >= 0.6 is 0 Å². The number of nitrogens with zero attached hydrogens (tertiary/aromatic N) is 3. The van der Waals surface area contributed by atoms with Gasteiger partial charge in [0.05, 0.1) is 17.4 Å². The van der Waals surface area contributed by atoms with E-state index in [1.807, 2.05) is 6.08 Å². The molecule has 3 N–H and O–H groups in total. The summed E-state index contributed by atoms with van der Waals surface area (Å²) < 4.78 is 39.0. The molecule has 1 amide bonds. The zero-order valence-electron chi connectivity index (χ0n) is 16.1. The quantitative estimate of drug-likeness (QED) is 0.630. The van der Waals surface area contributed by atoms with E-state index >= 15 is 0 Å². The standard InChI is InChI=1S/C19H23F3N6O/c1-11(19(20,21)22)17(29)28-14-3-4-15(28)8-12(7-14)16-5-6-25-18(27-16)26-13(9-23)10-24-2/h5-7,9-11,14-15,23-24H,3-4,8H2,1-2H3,(H,25,26,27)/b13-10+,23-9?. The lowest BCUT2D eigenvalue weighted by Gasteiger charge is -2.36. The summed E-state index contributed by atoms with van der Waals surface area (Å²) in [5.74, 6) is -2.56. The molecular weight excluding hydrogens is 385 g/mol. The SMILES string of the molecule is CN/C=C(\C=N)Nc1nccc(C2=CC3CCC(C2)N3C(=O)C(C)C(F)(F)F)n1. The van der Waals surface area contributed by atoms with Gasteiger partial charge in [-0.15, -0.1) is 0 Å². The fraction of sp³-hybridized carbons (Fsp3) is 0.474. The largest absolute Gasteiger partial charge is 0.400 e. The average molecular weight is 408 g/mol. The second kappa shape index (κ2) is 8.22. The molecule has 0 radical (unpaired) electrons. The first-order chi connectivity index (χ1) is 13.7. The van der Waals surface area contributed by atoms with Crippen molar-refractivity contribution in [3.05, 3.63) is 35.9 Å². The Bertz CT molecular complexity index is 851. The van der Waals surface area contributed by atoms with Gasteiger partial charge in [-0.1, -0.05) is 6.08 Å². The van der Waals surface area contributed by atoms with Gasteiger partial charge in [-0.2, -0.15) is 13.2 Å². The molecule has 3 rings (SSSR count). The Morgan fingerprint density at radius 2 is 2.17 bits per heavy atom. The molecule has 3 heterocycles. The number of hydrogen-bond donors (Lipinski definition) is 3. The molecule has 29 heavy (non-hydrogen) atoms. The van der Waals surface area contributed by atoms with E-state index in [0.29, 0.717) is 36.6 Å². The second-order valence-electron chi connectivity index (χ2n) is 7.13. The van der Waals surface area contributed by atoms with Crippen LogP contribution in [0.5, 0.6) is 0 Å². The summed E-state index contributed by atoms with van der Waals surface area (Å²) in [4.78, 5) is 22.4. The third-order valence-corrected chi connectivity index (χ3v) is 5.21. The molecule has 10 heteroatoms. The molecule has 0 saturated carbocycles. The van der Waals surface area contributed by atoms with Crippen LogP contribution in [0.3, 0.4) is 0 Å². The van der Waals surface area contributed by atoms with Gasteiger partial charge in [0.2, 0.25) is 11.9 Å². The summed E-state index contributed by atoms with van der Waals surface area (Å²) in [5.41, 5.74) is 2.02. The molecule has 1 aromatic heterocycles. The van der Waals surface area contributed by atoms with Crippen LogP contribution < -0.4 is 10.6 Å². The number of allylic oxidation sites excluding steroid dienone is 1. The van der Waals surface area contributed by atoms with Crippen LogP contribution in [-0.4, -0.2) is 52.3 Å². The van der Waals surface area contributed by atoms with Crippen LogP contribution in [0.15, 0.2) is 30.2 Å². The van der Waals surface area contributed by atoms with Gasteiger partial charge in [-0.3, -0.25) is 4.79 Å². The zero-order chi connectivity index (χ0) is 21.2. The maximum absolute atomic E-state index is 13.0. The Morgan fingerprint density at radius 3 is 2.79 bits per heavy atom. The molecule has 2 aliphatic rings. The van der Waals surface area contributed by atoms with Crippen LogP contribution in [0.2, 0.25) is 0 Å². The molecule has 3 unspecified atom stereocenters. The molecule has 3 atom stereocenters. The van der Waals surface area contributed by atoms with Crippen molar-refractivity contribution in [2.45, 2.75) is 44.4 Å². The maximum atomic E-state index is 13.0. The Balaban J connectivity index is 1.81. The van der Waals surface area contributed by atoms with E-state index in [1.54, 1.807) is 25.5 Å². The lowest BCUT2D eigenvalue weighted by Crippen LogP contribution is -2.48. The molecule has 7 nitrogen and oxygen atoms in total. The van der Waals surface area contributed by atoms with Gasteiger partial charge in [0.15, 0.2) is 0 Å². The maximum Gasteiger partial charge on any atom is 0.400 e. The summed E-state index contributed by atoms with van der Waals surface area (Å²) in [6.45, 7) is 0.920. The van der Waals surface area contributed by atoms with Gasteiger partial charge in [-0.25, -0.2) is 9.97 Å². The predicted molar refractivity (Wildman–Crippen MR) is 103 cm³/mol. The van der Waals surface area contributed by atoms with Crippen molar-refractivity contribution < 1.29 is 18.0 Å². The van der Waals surface area contributed by atoms with Crippen molar-refractivity contribution in [3.8, 4) is 0 Å². The smallest absolute Gasteiger partial charge is 0.392 e. The number of anilines is 1. The van der Waals surface area contributed by atoms with E-state index in [4.69, 9.17) is 5.41 Å². The van der Waals surface area contributed by atoms with E-state index in [-0.39, 0.29) is 12.1 Å². The van der Waals surface area contributed by atoms with E-state index in [1.165, 1.54) is 4.90 Å². The van der Waals surface area contributed by atoms with Crippen molar-refractivity contribution >= 4 is 23.6 Å². The highest BCUT2D eigenvalue weighted by Gasteiger charge is 2.48. The monoisotopic (exact) mass is 408 g/mol. The average Bonchev–Trinajstić information content (AvgIpc) is 2.95. The fourth-order valence-electron chi connectivity index (χ4n) is 3.72. The first-order valence-electron chi connectivity index (χ1n) is 9.32. The van der Waals surface area contributed by atoms with Crippen LogP contribution in [-0.2, 0) is 4.79 Å². The number of carbonyl (C=O) groups is 1. The zero-order valence-corrected chi connectivity index (χ0v) is 16.1. The van der Waals surface area contributed by atoms with Crippen molar-refractivity contribution in [1.29, 1.82) is 5.41 Å². The second-order valence-corrected chi connectivity index (χ2v) is 7.13. The normalized spacial score (nSPS) is 22.7. The van der Waals surface area contributed by atoms with Crippen LogP contribution in [0, 0.1) is 11.3 Å². The molecule has 1 aromatic rings. The molecular formula is C19H23F3N6O. The van der Waals surface area contributed by atoms with Crippen molar-refractivity contribution in [3.63, 3.8) is 0 Å². The van der Waals surface area contributed by atoms with E-state index in [2.05, 4.69) is 20.6 Å². The first kappa shape index (κ1) is 20.8. The summed E-state index contributed by atoms with van der Waals surface area (Å²) in [7, 11) is 1.71. The third kappa shape index (κ3) is 4.41. The van der Waals surface area contributed by atoms with Crippen molar-refractivity contribution in [2.24, 2.45) is 5.92 Å². The molecule has 1 saturated heterocycles. The number of carbonyl (C=O) groups excluding carboxylic acids is 1. The van der Waals surface area contributed by atoms with E-state index < -0.39 is 18.0 Å². The number of halogens is 3. The Hall–Kier alpha value is -2.91. The molecule has 156 valence electrons. The summed E-state index contributed by atoms with van der Waals surface area (Å²) in [5, 5.41) is 13.1. The summed E-state index contributed by atoms with van der Waals surface area (Å²) >= 11 is 0. The van der Waals surface area contributed by atoms with Gasteiger partial charge in [-0.05, 0) is 37.8 Å². The Kier molecular flexibility index (Phi) is 5.90. The molecule has 0 aliphatic carbocycles. The first-order valence-corrected chi connectivity index (χ1v) is 9.32. The Labute approximate surface area is 166 Å². The van der Waals surface area contributed by atoms with Gasteiger partial charge >= 0.3 is 6.18 Å². The highest BCUT2D eigenvalue weighted by Crippen LogP contribution is 2.40. The van der Waals surface area contributed by atoms with Gasteiger partial charge in [0, 0.05) is 31.7 Å². The molecule has 2 bridgehead atoms. The molecule has 0 spiro atoms. The minimum absolute atomic E-state index is 0.259. The Morgan fingerprint density at radius 1 is 1.41 bits per heavy atom. The van der Waals surface area contributed by atoms with E-state index in [9.17, 15) is 18.0 Å². The number of fused-ring (bicyclic) bond motifs is 2. The minimum Gasteiger partial charge on any atom is -0.392 e. The predicted octanol–water partition coefficient (Wildman–Crippen LogP) is 2.94. The number of alkyl halides is 3. The van der Waals surface area contributed by atoms with Crippen LogP contribution in [0.25, 0.3) is 5.57 Å². The topological polar surface area (TPSA) is 94.0 Å². The number of nitrogens with one attached hydrogen (secondary N) is 3. The minimum atomic E-state index is -4.54. The lowest BCUT2D eigenvalue weighted by atomic mass is 9.96. The molecule has 0 aromatic carbocycles. The number of hydrogen-bond acceptors (Lipinski definition) is 6. The van der Waals surface area contributed by atoms with E-state index in [0.717, 1.165) is 18.7 Å². The summed E-state index contributed by atoms with van der Waals surface area (Å²) in [6, 6.07) is 1.12. The highest BCUT2D eigenvalue weighted by atomic mass is 19.4. The van der Waals surface area contributed by atoms with Gasteiger partial charge in [0.25, 0.3) is 0 Å². The van der Waals surface area contributed by atoms with Gasteiger partial charge in [0.1, 0.15) is 5.92 Å². The number of amides is 1.